The lowest BCUT2D eigenvalue weighted by atomic mass is 10.00. The van der Waals surface area contributed by atoms with E-state index in [1.165, 1.54) is 11.1 Å². The first kappa shape index (κ1) is 29.8. The van der Waals surface area contributed by atoms with Gasteiger partial charge in [-0.25, -0.2) is 8.51 Å². The smallest absolute Gasteiger partial charge is 0.244 e. The number of fused-ring (bicyclic) bond motifs is 1. The highest BCUT2D eigenvalue weighted by molar-refractivity contribution is 7.82. The summed E-state index contributed by atoms with van der Waals surface area (Å²) in [6.45, 7) is 8.39. The molecule has 0 spiro atoms. The Morgan fingerprint density at radius 2 is 1.71 bits per heavy atom. The summed E-state index contributed by atoms with van der Waals surface area (Å²) in [5, 5.41) is 2.80. The molecular weight excluding hydrogens is 500 g/mol. The number of rotatable bonds is 10. The number of nitrogens with one attached hydrogen (secondary N) is 1. The van der Waals surface area contributed by atoms with Gasteiger partial charge in [0.05, 0.1) is 12.0 Å². The average Bonchev–Trinajstić information content (AvgIpc) is 3.07. The van der Waals surface area contributed by atoms with Crippen molar-refractivity contribution in [3.8, 4) is 5.75 Å². The van der Waals surface area contributed by atoms with Gasteiger partial charge in [-0.05, 0) is 80.6 Å². The summed E-state index contributed by atoms with van der Waals surface area (Å²) < 4.78 is 20.1. The molecule has 2 atom stereocenters. The maximum absolute atomic E-state index is 13.1. The van der Waals surface area contributed by atoms with Gasteiger partial charge in [0.1, 0.15) is 22.8 Å². The first-order valence-electron chi connectivity index (χ1n) is 13.1. The molecule has 0 saturated heterocycles. The Labute approximate surface area is 229 Å². The highest BCUT2D eigenvalue weighted by Gasteiger charge is 2.22. The van der Waals surface area contributed by atoms with Crippen LogP contribution >= 0.6 is 0 Å². The number of hydrogen-bond donors (Lipinski definition) is 1. The fourth-order valence-corrected chi connectivity index (χ4v) is 6.09. The monoisotopic (exact) mass is 542 g/mol. The number of amides is 2. The summed E-state index contributed by atoms with van der Waals surface area (Å²) in [6, 6.07) is 9.55. The highest BCUT2D eigenvalue weighted by atomic mass is 32.2. The molecule has 2 aromatic rings. The molecule has 1 aliphatic heterocycles. The third kappa shape index (κ3) is 7.65. The third-order valence-electron chi connectivity index (χ3n) is 7.12. The minimum Gasteiger partial charge on any atom is -0.497 e. The van der Waals surface area contributed by atoms with Crippen LogP contribution in [-0.2, 0) is 40.0 Å². The predicted octanol–water partition coefficient (Wildman–Crippen LogP) is 2.85. The van der Waals surface area contributed by atoms with E-state index in [1.807, 2.05) is 26.0 Å². The Morgan fingerprint density at radius 1 is 1.08 bits per heavy atom. The summed E-state index contributed by atoms with van der Waals surface area (Å²) >= 11 is 0. The van der Waals surface area contributed by atoms with Crippen LogP contribution in [0, 0.1) is 13.8 Å². The zero-order valence-corrected chi connectivity index (χ0v) is 24.6. The first-order valence-corrected chi connectivity index (χ1v) is 14.2. The SMILES string of the molecule is COc1cc(C)c(S(=O)N(C)CCC(=O)NC(C)C(=O)N(C)Cc2ccc3c(c2)CCN(C)CC3)c(C)c1. The molecule has 2 unspecified atom stereocenters. The van der Waals surface area contributed by atoms with Gasteiger partial charge in [0.25, 0.3) is 0 Å². The predicted molar refractivity (Wildman–Crippen MR) is 152 cm³/mol. The van der Waals surface area contributed by atoms with Crippen molar-refractivity contribution >= 4 is 22.8 Å². The molecule has 0 aliphatic carbocycles. The van der Waals surface area contributed by atoms with Crippen molar-refractivity contribution in [3.63, 3.8) is 0 Å². The van der Waals surface area contributed by atoms with Crippen molar-refractivity contribution in [2.45, 2.75) is 57.5 Å². The van der Waals surface area contributed by atoms with E-state index >= 15 is 0 Å². The van der Waals surface area contributed by atoms with Crippen molar-refractivity contribution < 1.29 is 18.5 Å². The van der Waals surface area contributed by atoms with Crippen LogP contribution in [0.3, 0.4) is 0 Å². The van der Waals surface area contributed by atoms with Gasteiger partial charge in [-0.2, -0.15) is 0 Å². The number of carbonyl (C=O) groups is 2. The molecule has 208 valence electrons. The maximum atomic E-state index is 13.1. The van der Waals surface area contributed by atoms with E-state index in [0.717, 1.165) is 53.3 Å². The molecule has 2 amide bonds. The van der Waals surface area contributed by atoms with Crippen molar-refractivity contribution in [2.75, 3.05) is 47.9 Å². The Bertz CT molecular complexity index is 1160. The van der Waals surface area contributed by atoms with Crippen molar-refractivity contribution in [1.29, 1.82) is 0 Å². The summed E-state index contributed by atoms with van der Waals surface area (Å²) in [6.07, 6.45) is 2.20. The third-order valence-corrected chi connectivity index (χ3v) is 8.86. The minimum absolute atomic E-state index is 0.136. The van der Waals surface area contributed by atoms with Crippen molar-refractivity contribution in [3.05, 3.63) is 58.1 Å². The second-order valence-corrected chi connectivity index (χ2v) is 11.9. The Hall–Kier alpha value is -2.75. The summed E-state index contributed by atoms with van der Waals surface area (Å²) in [7, 11) is 5.83. The van der Waals surface area contributed by atoms with Crippen LogP contribution < -0.4 is 10.1 Å². The van der Waals surface area contributed by atoms with E-state index in [4.69, 9.17) is 4.74 Å². The summed E-state index contributed by atoms with van der Waals surface area (Å²) in [5.41, 5.74) is 5.59. The molecule has 0 fully saturated rings. The Kier molecular flexibility index (Phi) is 10.5. The molecule has 1 N–H and O–H groups in total. The molecule has 0 bridgehead atoms. The lowest BCUT2D eigenvalue weighted by molar-refractivity contribution is -0.135. The number of ether oxygens (including phenoxy) is 1. The zero-order chi connectivity index (χ0) is 28.0. The van der Waals surface area contributed by atoms with Gasteiger partial charge in [-0.15, -0.1) is 0 Å². The van der Waals surface area contributed by atoms with Gasteiger partial charge in [0, 0.05) is 46.7 Å². The van der Waals surface area contributed by atoms with Gasteiger partial charge in [0.15, 0.2) is 0 Å². The van der Waals surface area contributed by atoms with Crippen molar-refractivity contribution in [1.82, 2.24) is 19.4 Å². The van der Waals surface area contributed by atoms with Crippen LogP contribution in [0.5, 0.6) is 5.75 Å². The second-order valence-electron chi connectivity index (χ2n) is 10.3. The van der Waals surface area contributed by atoms with E-state index in [9.17, 15) is 13.8 Å². The minimum atomic E-state index is -1.41. The van der Waals surface area contributed by atoms with Gasteiger partial charge in [-0.3, -0.25) is 9.59 Å². The van der Waals surface area contributed by atoms with Gasteiger partial charge >= 0.3 is 0 Å². The standard InChI is InChI=1S/C29H42N4O4S/c1-20-16-26(37-7)17-21(2)28(20)38(36)33(6)15-12-27(34)30-22(3)29(35)32(5)19-23-8-9-24-10-13-31(4)14-11-25(24)18-23/h8-9,16-18,22H,10-15,19H2,1-7H3,(H,30,34). The van der Waals surface area contributed by atoms with Crippen molar-refractivity contribution in [2.24, 2.45) is 0 Å². The van der Waals surface area contributed by atoms with Crippen LogP contribution in [0.25, 0.3) is 0 Å². The van der Waals surface area contributed by atoms with E-state index in [1.54, 1.807) is 37.3 Å². The largest absolute Gasteiger partial charge is 0.497 e. The van der Waals surface area contributed by atoms with Crippen LogP contribution in [0.2, 0.25) is 0 Å². The van der Waals surface area contributed by atoms with Crippen LogP contribution in [0.1, 0.15) is 41.2 Å². The molecular formula is C29H42N4O4S. The summed E-state index contributed by atoms with van der Waals surface area (Å²) in [4.78, 5) is 30.3. The number of nitrogens with zero attached hydrogens (tertiary/aromatic N) is 3. The lowest BCUT2D eigenvalue weighted by Crippen LogP contribution is -2.45. The molecule has 9 heteroatoms. The van der Waals surface area contributed by atoms with Gasteiger partial charge < -0.3 is 19.9 Å². The lowest BCUT2D eigenvalue weighted by Gasteiger charge is -2.23. The molecule has 3 rings (SSSR count). The quantitative estimate of drug-likeness (QED) is 0.499. The molecule has 0 saturated carbocycles. The van der Waals surface area contributed by atoms with Crippen LogP contribution in [0.4, 0.5) is 0 Å². The van der Waals surface area contributed by atoms with E-state index < -0.39 is 17.0 Å². The first-order chi connectivity index (χ1) is 18.0. The summed E-state index contributed by atoms with van der Waals surface area (Å²) in [5.74, 6) is 0.330. The highest BCUT2D eigenvalue weighted by Crippen LogP contribution is 2.25. The fraction of sp³-hybridized carbons (Fsp3) is 0.517. The molecule has 8 nitrogen and oxygen atoms in total. The Balaban J connectivity index is 1.50. The Morgan fingerprint density at radius 3 is 2.34 bits per heavy atom. The molecule has 1 heterocycles. The molecule has 0 aromatic heterocycles. The number of carbonyl (C=O) groups excluding carboxylic acids is 2. The number of aryl methyl sites for hydroxylation is 2. The number of hydrogen-bond acceptors (Lipinski definition) is 5. The number of benzene rings is 2. The maximum Gasteiger partial charge on any atom is 0.244 e. The zero-order valence-electron chi connectivity index (χ0n) is 23.8. The van der Waals surface area contributed by atoms with E-state index in [2.05, 4.69) is 35.5 Å². The van der Waals surface area contributed by atoms with Gasteiger partial charge in [-0.1, -0.05) is 18.2 Å². The normalized spacial score (nSPS) is 15.4. The fourth-order valence-electron chi connectivity index (χ4n) is 4.85. The van der Waals surface area contributed by atoms with Crippen LogP contribution in [0.15, 0.2) is 35.2 Å². The van der Waals surface area contributed by atoms with Crippen LogP contribution in [-0.4, -0.2) is 84.1 Å². The number of methoxy groups -OCH3 is 1. The van der Waals surface area contributed by atoms with Gasteiger partial charge in [0.2, 0.25) is 11.8 Å². The second kappa shape index (κ2) is 13.4. The molecule has 2 aromatic carbocycles. The number of likely N-dealkylation sites (N-methyl/N-ethyl adjacent to an activating group) is 2. The van der Waals surface area contributed by atoms with E-state index in [0.29, 0.717) is 13.1 Å². The molecule has 0 radical (unpaired) electrons. The topological polar surface area (TPSA) is 82.2 Å². The molecule has 1 aliphatic rings. The molecule has 38 heavy (non-hydrogen) atoms. The average molecular weight is 543 g/mol. The van der Waals surface area contributed by atoms with E-state index in [-0.39, 0.29) is 18.2 Å².